The van der Waals surface area contributed by atoms with Crippen molar-refractivity contribution in [3.05, 3.63) is 56.4 Å². The highest BCUT2D eigenvalue weighted by molar-refractivity contribution is 9.10. The average Bonchev–Trinajstić information content (AvgIpc) is 2.91. The van der Waals surface area contributed by atoms with Crippen molar-refractivity contribution in [2.45, 2.75) is 25.7 Å². The molecule has 3 rings (SSSR count). The van der Waals surface area contributed by atoms with Crippen LogP contribution in [0.25, 0.3) is 6.08 Å². The third-order valence-corrected chi connectivity index (χ3v) is 5.55. The number of carbonyl (C=O) groups is 1. The van der Waals surface area contributed by atoms with E-state index in [1.807, 2.05) is 24.3 Å². The predicted octanol–water partition coefficient (Wildman–Crippen LogP) is 4.91. The quantitative estimate of drug-likeness (QED) is 0.761. The zero-order valence-electron chi connectivity index (χ0n) is 12.4. The summed E-state index contributed by atoms with van der Waals surface area (Å²) in [7, 11) is 0. The van der Waals surface area contributed by atoms with Gasteiger partial charge in [-0.3, -0.25) is 4.79 Å². The molecule has 2 aromatic rings. The van der Waals surface area contributed by atoms with Crippen molar-refractivity contribution in [1.82, 2.24) is 0 Å². The Labute approximate surface area is 147 Å². The SMILES string of the molecule is N#Cc1c(NC(=O)/C=C\c2ccc(Br)cc2)sc2c1CCCC2. The second-order valence-corrected chi connectivity index (χ2v) is 7.42. The van der Waals surface area contributed by atoms with E-state index < -0.39 is 0 Å². The number of thiophene rings is 1. The van der Waals surface area contributed by atoms with Crippen LogP contribution in [0.2, 0.25) is 0 Å². The minimum atomic E-state index is -0.206. The number of amides is 1. The van der Waals surface area contributed by atoms with Crippen molar-refractivity contribution in [2.24, 2.45) is 0 Å². The van der Waals surface area contributed by atoms with Crippen molar-refractivity contribution in [3.8, 4) is 6.07 Å². The first-order valence-corrected chi connectivity index (χ1v) is 9.07. The number of hydrogen-bond acceptors (Lipinski definition) is 3. The van der Waals surface area contributed by atoms with Gasteiger partial charge in [-0.25, -0.2) is 0 Å². The van der Waals surface area contributed by atoms with Gasteiger partial charge in [-0.05, 0) is 55.0 Å². The highest BCUT2D eigenvalue weighted by atomic mass is 79.9. The minimum Gasteiger partial charge on any atom is -0.313 e. The van der Waals surface area contributed by atoms with Gasteiger partial charge in [-0.1, -0.05) is 28.1 Å². The van der Waals surface area contributed by atoms with E-state index in [-0.39, 0.29) is 5.91 Å². The fraction of sp³-hybridized carbons (Fsp3) is 0.222. The number of halogens is 1. The van der Waals surface area contributed by atoms with Crippen molar-refractivity contribution in [2.75, 3.05) is 5.32 Å². The Kier molecular flexibility index (Phi) is 4.94. The second kappa shape index (κ2) is 7.12. The maximum absolute atomic E-state index is 12.1. The number of benzene rings is 1. The van der Waals surface area contributed by atoms with E-state index >= 15 is 0 Å². The number of fused-ring (bicyclic) bond motifs is 1. The average molecular weight is 387 g/mol. The highest BCUT2D eigenvalue weighted by Gasteiger charge is 2.21. The maximum atomic E-state index is 12.1. The molecular formula is C18H15BrN2OS. The summed E-state index contributed by atoms with van der Waals surface area (Å²) in [6.07, 6.45) is 7.51. The van der Waals surface area contributed by atoms with E-state index in [2.05, 4.69) is 27.3 Å². The number of aryl methyl sites for hydroxylation is 1. The maximum Gasteiger partial charge on any atom is 0.249 e. The molecule has 3 nitrogen and oxygen atoms in total. The normalized spacial score (nSPS) is 13.6. The number of nitrogens with one attached hydrogen (secondary N) is 1. The summed E-state index contributed by atoms with van der Waals surface area (Å²) in [5.74, 6) is -0.206. The van der Waals surface area contributed by atoms with Gasteiger partial charge in [0, 0.05) is 15.4 Å². The van der Waals surface area contributed by atoms with Gasteiger partial charge in [-0.15, -0.1) is 11.3 Å². The summed E-state index contributed by atoms with van der Waals surface area (Å²) in [6, 6.07) is 9.97. The lowest BCUT2D eigenvalue weighted by Gasteiger charge is -2.09. The van der Waals surface area contributed by atoms with Gasteiger partial charge in [0.05, 0.1) is 5.56 Å². The van der Waals surface area contributed by atoms with Crippen molar-refractivity contribution < 1.29 is 4.79 Å². The Morgan fingerprint density at radius 3 is 2.74 bits per heavy atom. The first-order valence-electron chi connectivity index (χ1n) is 7.46. The van der Waals surface area contributed by atoms with Crippen LogP contribution in [0.1, 0.15) is 34.4 Å². The molecule has 0 saturated carbocycles. The number of anilines is 1. The monoisotopic (exact) mass is 386 g/mol. The molecular weight excluding hydrogens is 372 g/mol. The van der Waals surface area contributed by atoms with E-state index in [1.54, 1.807) is 17.4 Å². The second-order valence-electron chi connectivity index (χ2n) is 5.40. The number of nitrogens with zero attached hydrogens (tertiary/aromatic N) is 1. The smallest absolute Gasteiger partial charge is 0.249 e. The molecule has 0 radical (unpaired) electrons. The van der Waals surface area contributed by atoms with Gasteiger partial charge < -0.3 is 5.32 Å². The van der Waals surface area contributed by atoms with Crippen LogP contribution in [0, 0.1) is 11.3 Å². The van der Waals surface area contributed by atoms with Crippen molar-refractivity contribution >= 4 is 44.3 Å². The molecule has 0 saturated heterocycles. The lowest BCUT2D eigenvalue weighted by Crippen LogP contribution is -2.07. The molecule has 1 aromatic carbocycles. The van der Waals surface area contributed by atoms with Crippen LogP contribution in [-0.2, 0) is 17.6 Å². The van der Waals surface area contributed by atoms with Gasteiger partial charge in [0.1, 0.15) is 11.1 Å². The van der Waals surface area contributed by atoms with Gasteiger partial charge in [-0.2, -0.15) is 5.26 Å². The first-order chi connectivity index (χ1) is 11.2. The molecule has 1 N–H and O–H groups in total. The Morgan fingerprint density at radius 2 is 2.00 bits per heavy atom. The van der Waals surface area contributed by atoms with Crippen LogP contribution >= 0.6 is 27.3 Å². The van der Waals surface area contributed by atoms with Crippen molar-refractivity contribution in [3.63, 3.8) is 0 Å². The molecule has 5 heteroatoms. The summed E-state index contributed by atoms with van der Waals surface area (Å²) in [6.45, 7) is 0. The zero-order chi connectivity index (χ0) is 16.2. The molecule has 0 bridgehead atoms. The summed E-state index contributed by atoms with van der Waals surface area (Å²) in [4.78, 5) is 13.4. The lowest BCUT2D eigenvalue weighted by molar-refractivity contribution is -0.111. The fourth-order valence-corrected chi connectivity index (χ4v) is 4.18. The van der Waals surface area contributed by atoms with Crippen LogP contribution in [-0.4, -0.2) is 5.91 Å². The molecule has 1 amide bonds. The fourth-order valence-electron chi connectivity index (χ4n) is 2.67. The van der Waals surface area contributed by atoms with Gasteiger partial charge >= 0.3 is 0 Å². The molecule has 0 atom stereocenters. The molecule has 23 heavy (non-hydrogen) atoms. The topological polar surface area (TPSA) is 52.9 Å². The first kappa shape index (κ1) is 16.0. The number of hydrogen-bond donors (Lipinski definition) is 1. The molecule has 1 aliphatic carbocycles. The van der Waals surface area contributed by atoms with Crippen LogP contribution in [0.15, 0.2) is 34.8 Å². The third-order valence-electron chi connectivity index (χ3n) is 3.82. The molecule has 0 aliphatic heterocycles. The summed E-state index contributed by atoms with van der Waals surface area (Å²) in [5, 5.41) is 12.9. The van der Waals surface area contributed by atoms with Crippen LogP contribution in [0.4, 0.5) is 5.00 Å². The van der Waals surface area contributed by atoms with E-state index in [0.29, 0.717) is 10.6 Å². The molecule has 1 aliphatic rings. The Hall–Kier alpha value is -1.90. The molecule has 1 heterocycles. The number of rotatable bonds is 3. The van der Waals surface area contributed by atoms with E-state index in [1.165, 1.54) is 11.0 Å². The molecule has 0 unspecified atom stereocenters. The predicted molar refractivity (Wildman–Crippen MR) is 97.5 cm³/mol. The van der Waals surface area contributed by atoms with Gasteiger partial charge in [0.15, 0.2) is 0 Å². The summed E-state index contributed by atoms with van der Waals surface area (Å²) < 4.78 is 1.00. The minimum absolute atomic E-state index is 0.206. The molecule has 0 fully saturated rings. The number of nitriles is 1. The van der Waals surface area contributed by atoms with Crippen molar-refractivity contribution in [1.29, 1.82) is 5.26 Å². The Balaban J connectivity index is 1.74. The summed E-state index contributed by atoms with van der Waals surface area (Å²) in [5.41, 5.74) is 2.74. The van der Waals surface area contributed by atoms with Gasteiger partial charge in [0.25, 0.3) is 0 Å². The Morgan fingerprint density at radius 1 is 1.26 bits per heavy atom. The summed E-state index contributed by atoms with van der Waals surface area (Å²) >= 11 is 4.92. The van der Waals surface area contributed by atoms with Gasteiger partial charge in [0.2, 0.25) is 5.91 Å². The van der Waals surface area contributed by atoms with E-state index in [0.717, 1.165) is 41.3 Å². The lowest BCUT2D eigenvalue weighted by atomic mass is 9.96. The zero-order valence-corrected chi connectivity index (χ0v) is 14.8. The Bertz CT molecular complexity index is 800. The largest absolute Gasteiger partial charge is 0.313 e. The van der Waals surface area contributed by atoms with E-state index in [4.69, 9.17) is 0 Å². The highest BCUT2D eigenvalue weighted by Crippen LogP contribution is 2.37. The molecule has 1 aromatic heterocycles. The van der Waals surface area contributed by atoms with E-state index in [9.17, 15) is 10.1 Å². The van der Waals surface area contributed by atoms with Crippen LogP contribution in [0.5, 0.6) is 0 Å². The third kappa shape index (κ3) is 3.72. The molecule has 0 spiro atoms. The molecule has 116 valence electrons. The standard InChI is InChI=1S/C18H15BrN2OS/c19-13-8-5-12(6-9-13)7-10-17(22)21-18-15(11-20)14-3-1-2-4-16(14)23-18/h5-10H,1-4H2,(H,21,22)/b10-7-. The van der Waals surface area contributed by atoms with Crippen LogP contribution < -0.4 is 5.32 Å². The number of carbonyl (C=O) groups excluding carboxylic acids is 1. The van der Waals surface area contributed by atoms with Crippen LogP contribution in [0.3, 0.4) is 0 Å².